The zero-order valence-electron chi connectivity index (χ0n) is 14.4. The molecule has 126 valence electrons. The van der Waals surface area contributed by atoms with Crippen LogP contribution in [-0.4, -0.2) is 36.6 Å². The maximum Gasteiger partial charge on any atom is 0.313 e. The number of hydrogen-bond donors (Lipinski definition) is 1. The Morgan fingerprint density at radius 3 is 2.35 bits per heavy atom. The minimum atomic E-state index is -0.541. The Morgan fingerprint density at radius 2 is 1.83 bits per heavy atom. The summed E-state index contributed by atoms with van der Waals surface area (Å²) in [7, 11) is 0. The van der Waals surface area contributed by atoms with Gasteiger partial charge in [-0.3, -0.25) is 9.59 Å². The summed E-state index contributed by atoms with van der Waals surface area (Å²) in [6, 6.07) is 7.64. The SMILES string of the molecule is C=O.CC1CCN(C(=O)C(=O)Nc2ccccc2C(C)(C)C)C1. The highest BCUT2D eigenvalue weighted by atomic mass is 16.2. The van der Waals surface area contributed by atoms with Gasteiger partial charge >= 0.3 is 11.8 Å². The van der Waals surface area contributed by atoms with Crippen molar-refractivity contribution in [1.29, 1.82) is 0 Å². The smallest absolute Gasteiger partial charge is 0.313 e. The summed E-state index contributed by atoms with van der Waals surface area (Å²) in [5.74, 6) is -0.493. The molecule has 1 fully saturated rings. The van der Waals surface area contributed by atoms with Crippen LogP contribution in [-0.2, 0) is 19.8 Å². The second-order valence-corrected chi connectivity index (χ2v) is 6.89. The van der Waals surface area contributed by atoms with E-state index in [2.05, 4.69) is 33.0 Å². The van der Waals surface area contributed by atoms with Crippen LogP contribution in [0.15, 0.2) is 24.3 Å². The fourth-order valence-electron chi connectivity index (χ4n) is 2.68. The van der Waals surface area contributed by atoms with E-state index in [-0.39, 0.29) is 5.41 Å². The summed E-state index contributed by atoms with van der Waals surface area (Å²) in [6.07, 6.45) is 0.970. The molecule has 0 aliphatic carbocycles. The van der Waals surface area contributed by atoms with Crippen LogP contribution in [0.5, 0.6) is 0 Å². The molecule has 5 heteroatoms. The highest BCUT2D eigenvalue weighted by molar-refractivity contribution is 6.39. The van der Waals surface area contributed by atoms with E-state index < -0.39 is 11.8 Å². The van der Waals surface area contributed by atoms with Crippen molar-refractivity contribution in [2.45, 2.75) is 39.5 Å². The van der Waals surface area contributed by atoms with Crippen molar-refractivity contribution in [3.63, 3.8) is 0 Å². The molecule has 1 aromatic carbocycles. The number of benzene rings is 1. The zero-order valence-corrected chi connectivity index (χ0v) is 14.4. The Labute approximate surface area is 138 Å². The van der Waals surface area contributed by atoms with Crippen LogP contribution in [0.25, 0.3) is 0 Å². The molecule has 5 nitrogen and oxygen atoms in total. The van der Waals surface area contributed by atoms with Gasteiger partial charge in [-0.2, -0.15) is 0 Å². The van der Waals surface area contributed by atoms with E-state index in [4.69, 9.17) is 4.79 Å². The van der Waals surface area contributed by atoms with Crippen molar-refractivity contribution in [3.8, 4) is 0 Å². The number of nitrogens with one attached hydrogen (secondary N) is 1. The number of rotatable bonds is 1. The van der Waals surface area contributed by atoms with Gasteiger partial charge in [0, 0.05) is 18.8 Å². The van der Waals surface area contributed by atoms with Gasteiger partial charge in [0.2, 0.25) is 0 Å². The van der Waals surface area contributed by atoms with Crippen molar-refractivity contribution in [2.24, 2.45) is 5.92 Å². The lowest BCUT2D eigenvalue weighted by Crippen LogP contribution is -2.38. The van der Waals surface area contributed by atoms with Crippen LogP contribution in [0.1, 0.15) is 39.7 Å². The molecule has 1 N–H and O–H groups in total. The molecule has 2 amide bonds. The molecular formula is C18H26N2O3. The van der Waals surface area contributed by atoms with Gasteiger partial charge in [0.1, 0.15) is 6.79 Å². The monoisotopic (exact) mass is 318 g/mol. The maximum atomic E-state index is 12.2. The van der Waals surface area contributed by atoms with E-state index in [0.717, 1.165) is 17.7 Å². The van der Waals surface area contributed by atoms with Crippen LogP contribution in [0.2, 0.25) is 0 Å². The standard InChI is InChI=1S/C17H24N2O2.CH2O/c1-12-9-10-19(11-12)16(21)15(20)18-14-8-6-5-7-13(14)17(2,3)4;1-2/h5-8,12H,9-11H2,1-4H3,(H,18,20);1H2. The first kappa shape index (κ1) is 18.9. The summed E-state index contributed by atoms with van der Waals surface area (Å²) in [5, 5.41) is 2.78. The molecular weight excluding hydrogens is 292 g/mol. The van der Waals surface area contributed by atoms with Crippen LogP contribution < -0.4 is 5.32 Å². The van der Waals surface area contributed by atoms with Gasteiger partial charge in [-0.1, -0.05) is 45.9 Å². The third kappa shape index (κ3) is 4.91. The number of carbonyl (C=O) groups excluding carboxylic acids is 3. The van der Waals surface area contributed by atoms with Crippen molar-refractivity contribution < 1.29 is 14.4 Å². The molecule has 1 aliphatic rings. The largest absolute Gasteiger partial charge is 0.334 e. The van der Waals surface area contributed by atoms with E-state index in [1.165, 1.54) is 0 Å². The predicted molar refractivity (Wildman–Crippen MR) is 91.3 cm³/mol. The number of likely N-dealkylation sites (tertiary alicyclic amines) is 1. The average molecular weight is 318 g/mol. The van der Waals surface area contributed by atoms with Gasteiger partial charge in [-0.15, -0.1) is 0 Å². The van der Waals surface area contributed by atoms with Crippen LogP contribution >= 0.6 is 0 Å². The summed E-state index contributed by atoms with van der Waals surface area (Å²) < 4.78 is 0. The quantitative estimate of drug-likeness (QED) is 0.809. The van der Waals surface area contributed by atoms with Gasteiger partial charge in [0.05, 0.1) is 0 Å². The first-order chi connectivity index (χ1) is 10.8. The molecule has 0 spiro atoms. The normalized spacial score (nSPS) is 17.2. The summed E-state index contributed by atoms with van der Waals surface area (Å²) in [5.41, 5.74) is 1.66. The molecule has 0 bridgehead atoms. The Hall–Kier alpha value is -2.17. The van der Waals surface area contributed by atoms with E-state index in [9.17, 15) is 9.59 Å². The lowest BCUT2D eigenvalue weighted by atomic mass is 9.86. The molecule has 0 radical (unpaired) electrons. The molecule has 1 aliphatic heterocycles. The number of nitrogens with zero attached hydrogens (tertiary/aromatic N) is 1. The summed E-state index contributed by atoms with van der Waals surface area (Å²) in [4.78, 5) is 34.0. The number of anilines is 1. The fourth-order valence-corrected chi connectivity index (χ4v) is 2.68. The number of amides is 2. The maximum absolute atomic E-state index is 12.2. The first-order valence-electron chi connectivity index (χ1n) is 7.77. The Balaban J connectivity index is 0.00000127. The second-order valence-electron chi connectivity index (χ2n) is 6.89. The Bertz CT molecular complexity index is 564. The zero-order chi connectivity index (χ0) is 17.6. The van der Waals surface area contributed by atoms with Crippen molar-refractivity contribution >= 4 is 24.3 Å². The third-order valence-corrected chi connectivity index (χ3v) is 3.89. The van der Waals surface area contributed by atoms with Crippen LogP contribution in [0, 0.1) is 5.92 Å². The number of hydrogen-bond acceptors (Lipinski definition) is 3. The van der Waals surface area contributed by atoms with Gasteiger partial charge < -0.3 is 15.0 Å². The van der Waals surface area contributed by atoms with Gasteiger partial charge in [0.15, 0.2) is 0 Å². The molecule has 1 unspecified atom stereocenters. The average Bonchev–Trinajstić information content (AvgIpc) is 2.94. The summed E-state index contributed by atoms with van der Waals surface area (Å²) >= 11 is 0. The first-order valence-corrected chi connectivity index (χ1v) is 7.77. The van der Waals surface area contributed by atoms with Crippen molar-refractivity contribution in [3.05, 3.63) is 29.8 Å². The molecule has 2 rings (SSSR count). The Kier molecular flexibility index (Phi) is 6.49. The molecule has 1 saturated heterocycles. The Morgan fingerprint density at radius 1 is 1.22 bits per heavy atom. The fraction of sp³-hybridized carbons (Fsp3) is 0.500. The van der Waals surface area contributed by atoms with Crippen LogP contribution in [0.4, 0.5) is 5.69 Å². The van der Waals surface area contributed by atoms with Crippen molar-refractivity contribution in [2.75, 3.05) is 18.4 Å². The minimum Gasteiger partial charge on any atom is -0.334 e. The topological polar surface area (TPSA) is 66.5 Å². The van der Waals surface area contributed by atoms with E-state index in [1.54, 1.807) is 4.90 Å². The molecule has 1 atom stereocenters. The van der Waals surface area contributed by atoms with Gasteiger partial charge in [0.25, 0.3) is 0 Å². The molecule has 0 aromatic heterocycles. The lowest BCUT2D eigenvalue weighted by Gasteiger charge is -2.23. The van der Waals surface area contributed by atoms with Crippen molar-refractivity contribution in [1.82, 2.24) is 4.90 Å². The summed E-state index contributed by atoms with van der Waals surface area (Å²) in [6.45, 7) is 11.7. The lowest BCUT2D eigenvalue weighted by molar-refractivity contribution is -0.142. The second kappa shape index (κ2) is 7.90. The highest BCUT2D eigenvalue weighted by Crippen LogP contribution is 2.29. The molecule has 1 heterocycles. The van der Waals surface area contributed by atoms with Gasteiger partial charge in [-0.25, -0.2) is 0 Å². The minimum absolute atomic E-state index is 0.0882. The molecule has 0 saturated carbocycles. The van der Waals surface area contributed by atoms with E-state index in [0.29, 0.717) is 19.0 Å². The number of para-hydroxylation sites is 1. The number of carbonyl (C=O) groups is 3. The van der Waals surface area contributed by atoms with E-state index >= 15 is 0 Å². The highest BCUT2D eigenvalue weighted by Gasteiger charge is 2.28. The molecule has 23 heavy (non-hydrogen) atoms. The van der Waals surface area contributed by atoms with E-state index in [1.807, 2.05) is 31.1 Å². The van der Waals surface area contributed by atoms with Crippen LogP contribution in [0.3, 0.4) is 0 Å². The van der Waals surface area contributed by atoms with Gasteiger partial charge in [-0.05, 0) is 29.4 Å². The molecule has 1 aromatic rings. The third-order valence-electron chi connectivity index (χ3n) is 3.89. The predicted octanol–water partition coefficient (Wildman–Crippen LogP) is 2.61.